The summed E-state index contributed by atoms with van der Waals surface area (Å²) in [6, 6.07) is 9.45. The van der Waals surface area contributed by atoms with E-state index >= 15 is 0 Å². The van der Waals surface area contributed by atoms with Crippen molar-refractivity contribution >= 4 is 27.4 Å². The highest BCUT2D eigenvalue weighted by Crippen LogP contribution is 2.42. The van der Waals surface area contributed by atoms with Gasteiger partial charge in [0.1, 0.15) is 0 Å². The number of pyridine rings is 1. The first-order chi connectivity index (χ1) is 12.3. The topological polar surface area (TPSA) is 37.6 Å². The first-order valence-corrected chi connectivity index (χ1v) is 8.74. The monoisotopic (exact) mass is 423 g/mol. The van der Waals surface area contributed by atoms with Crippen LogP contribution in [0, 0.1) is 0 Å². The molecule has 8 heteroatoms. The third kappa shape index (κ3) is 2.88. The number of halogens is 4. The maximum Gasteiger partial charge on any atom is 0.413 e. The van der Waals surface area contributed by atoms with E-state index in [0.29, 0.717) is 17.5 Å². The first-order valence-electron chi connectivity index (χ1n) is 7.95. The maximum absolute atomic E-state index is 13.8. The number of rotatable bonds is 1. The molecule has 1 aliphatic rings. The molecule has 1 aliphatic heterocycles. The van der Waals surface area contributed by atoms with Gasteiger partial charge in [0.2, 0.25) is 0 Å². The molecule has 0 saturated carbocycles. The minimum Gasteiger partial charge on any atom is -0.321 e. The van der Waals surface area contributed by atoms with Crippen molar-refractivity contribution in [1.29, 1.82) is 0 Å². The number of carbonyl (C=O) groups is 1. The largest absolute Gasteiger partial charge is 0.413 e. The van der Waals surface area contributed by atoms with Crippen LogP contribution in [0.2, 0.25) is 0 Å². The molecule has 1 amide bonds. The molecule has 26 heavy (non-hydrogen) atoms. The zero-order valence-corrected chi connectivity index (χ0v) is 15.0. The van der Waals surface area contributed by atoms with Gasteiger partial charge in [-0.2, -0.15) is 18.3 Å². The predicted molar refractivity (Wildman–Crippen MR) is 92.9 cm³/mol. The third-order valence-corrected chi connectivity index (χ3v) is 4.97. The van der Waals surface area contributed by atoms with Crippen molar-refractivity contribution in [2.45, 2.75) is 18.6 Å². The standard InChI is InChI=1S/C18H13BrF3N3O/c19-12-5-6-13-9-15(23-25(13)10-12)17(26)24-8-7-11-3-1-2-4-14(11)16(24)18(20,21)22/h1-6,9-10,16H,7-8H2. The van der Waals surface area contributed by atoms with Gasteiger partial charge in [-0.15, -0.1) is 0 Å². The molecule has 3 aromatic rings. The highest BCUT2D eigenvalue weighted by molar-refractivity contribution is 9.10. The molecule has 0 spiro atoms. The summed E-state index contributed by atoms with van der Waals surface area (Å²) >= 11 is 3.30. The van der Waals surface area contributed by atoms with Crippen LogP contribution in [0.15, 0.2) is 53.1 Å². The van der Waals surface area contributed by atoms with Gasteiger partial charge in [-0.1, -0.05) is 24.3 Å². The molecule has 4 nitrogen and oxygen atoms in total. The van der Waals surface area contributed by atoms with Gasteiger partial charge < -0.3 is 4.90 Å². The van der Waals surface area contributed by atoms with Crippen LogP contribution in [0.5, 0.6) is 0 Å². The van der Waals surface area contributed by atoms with Crippen LogP contribution in [-0.4, -0.2) is 33.1 Å². The molecule has 0 aliphatic carbocycles. The molecular formula is C18H13BrF3N3O. The highest BCUT2D eigenvalue weighted by atomic mass is 79.9. The smallest absolute Gasteiger partial charge is 0.321 e. The lowest BCUT2D eigenvalue weighted by atomic mass is 9.92. The lowest BCUT2D eigenvalue weighted by Crippen LogP contribution is -2.46. The molecule has 1 atom stereocenters. The Morgan fingerprint density at radius 3 is 2.73 bits per heavy atom. The van der Waals surface area contributed by atoms with E-state index in [-0.39, 0.29) is 17.8 Å². The van der Waals surface area contributed by atoms with Crippen LogP contribution >= 0.6 is 15.9 Å². The summed E-state index contributed by atoms with van der Waals surface area (Å²) in [4.78, 5) is 13.7. The number of nitrogens with zero attached hydrogens (tertiary/aromatic N) is 3. The Bertz CT molecular complexity index is 999. The van der Waals surface area contributed by atoms with Crippen molar-refractivity contribution in [3.8, 4) is 0 Å². The molecule has 2 aromatic heterocycles. The Balaban J connectivity index is 1.76. The Hall–Kier alpha value is -2.35. The molecule has 0 bridgehead atoms. The summed E-state index contributed by atoms with van der Waals surface area (Å²) in [5, 5.41) is 4.15. The normalized spacial score (nSPS) is 17.4. The summed E-state index contributed by atoms with van der Waals surface area (Å²) in [5.74, 6) is -0.721. The fourth-order valence-electron chi connectivity index (χ4n) is 3.35. The molecule has 0 fully saturated rings. The lowest BCUT2D eigenvalue weighted by Gasteiger charge is -2.37. The fraction of sp³-hybridized carbons (Fsp3) is 0.222. The van der Waals surface area contributed by atoms with Crippen LogP contribution in [-0.2, 0) is 6.42 Å². The summed E-state index contributed by atoms with van der Waals surface area (Å²) < 4.78 is 43.6. The van der Waals surface area contributed by atoms with Crippen LogP contribution in [0.4, 0.5) is 13.2 Å². The number of benzene rings is 1. The molecule has 0 N–H and O–H groups in total. The van der Waals surface area contributed by atoms with Crippen LogP contribution in [0.3, 0.4) is 0 Å². The number of hydrogen-bond acceptors (Lipinski definition) is 2. The van der Waals surface area contributed by atoms with E-state index in [1.807, 2.05) is 0 Å². The number of alkyl halides is 3. The van der Waals surface area contributed by atoms with Crippen molar-refractivity contribution in [2.24, 2.45) is 0 Å². The van der Waals surface area contributed by atoms with Crippen molar-refractivity contribution in [3.05, 3.63) is 70.0 Å². The number of fused-ring (bicyclic) bond motifs is 2. The van der Waals surface area contributed by atoms with Gasteiger partial charge in [0.05, 0.1) is 5.52 Å². The van der Waals surface area contributed by atoms with E-state index in [9.17, 15) is 18.0 Å². The Morgan fingerprint density at radius 2 is 1.96 bits per heavy atom. The molecule has 0 radical (unpaired) electrons. The first kappa shape index (κ1) is 17.1. The molecule has 1 unspecified atom stereocenters. The number of carbonyl (C=O) groups excluding carboxylic acids is 1. The van der Waals surface area contributed by atoms with Crippen LogP contribution < -0.4 is 0 Å². The number of hydrogen-bond donors (Lipinski definition) is 0. The summed E-state index contributed by atoms with van der Waals surface area (Å²) in [5.41, 5.74) is 1.39. The second kappa shape index (κ2) is 6.12. The van der Waals surface area contributed by atoms with Gasteiger partial charge in [-0.05, 0) is 51.7 Å². The maximum atomic E-state index is 13.8. The van der Waals surface area contributed by atoms with Gasteiger partial charge in [0.25, 0.3) is 5.91 Å². The van der Waals surface area contributed by atoms with E-state index in [4.69, 9.17) is 0 Å². The van der Waals surface area contributed by atoms with Crippen molar-refractivity contribution < 1.29 is 18.0 Å². The van der Waals surface area contributed by atoms with Crippen LogP contribution in [0.1, 0.15) is 27.7 Å². The van der Waals surface area contributed by atoms with E-state index in [0.717, 1.165) is 9.37 Å². The Labute approximate surface area is 155 Å². The van der Waals surface area contributed by atoms with E-state index in [1.54, 1.807) is 36.5 Å². The molecule has 0 saturated heterocycles. The number of amides is 1. The average Bonchev–Trinajstić information content (AvgIpc) is 3.02. The Morgan fingerprint density at radius 1 is 1.19 bits per heavy atom. The minimum atomic E-state index is -4.56. The van der Waals surface area contributed by atoms with Gasteiger partial charge in [-0.3, -0.25) is 4.79 Å². The second-order valence-corrected chi connectivity index (χ2v) is 7.05. The number of aromatic nitrogens is 2. The zero-order chi connectivity index (χ0) is 18.5. The second-order valence-electron chi connectivity index (χ2n) is 6.14. The average molecular weight is 424 g/mol. The predicted octanol–water partition coefficient (Wildman–Crippen LogP) is 4.40. The van der Waals surface area contributed by atoms with Crippen molar-refractivity contribution in [3.63, 3.8) is 0 Å². The van der Waals surface area contributed by atoms with E-state index in [1.165, 1.54) is 16.6 Å². The summed E-state index contributed by atoms with van der Waals surface area (Å²) in [7, 11) is 0. The van der Waals surface area contributed by atoms with E-state index in [2.05, 4.69) is 21.0 Å². The van der Waals surface area contributed by atoms with Gasteiger partial charge in [0, 0.05) is 17.2 Å². The van der Waals surface area contributed by atoms with Gasteiger partial charge in [0.15, 0.2) is 11.7 Å². The van der Waals surface area contributed by atoms with E-state index < -0.39 is 18.1 Å². The molecular weight excluding hydrogens is 411 g/mol. The van der Waals surface area contributed by atoms with Crippen LogP contribution in [0.25, 0.3) is 5.52 Å². The third-order valence-electron chi connectivity index (χ3n) is 4.50. The van der Waals surface area contributed by atoms with Crippen molar-refractivity contribution in [2.75, 3.05) is 6.54 Å². The quantitative estimate of drug-likeness (QED) is 0.581. The fourth-order valence-corrected chi connectivity index (χ4v) is 3.68. The zero-order valence-electron chi connectivity index (χ0n) is 13.4. The lowest BCUT2D eigenvalue weighted by molar-refractivity contribution is -0.181. The summed E-state index contributed by atoms with van der Waals surface area (Å²) in [6.07, 6.45) is -2.53. The van der Waals surface area contributed by atoms with Crippen molar-refractivity contribution in [1.82, 2.24) is 14.5 Å². The molecule has 3 heterocycles. The highest BCUT2D eigenvalue weighted by Gasteiger charge is 2.49. The molecule has 134 valence electrons. The molecule has 1 aromatic carbocycles. The SMILES string of the molecule is O=C(c1cc2ccc(Br)cn2n1)N1CCc2ccccc2C1C(F)(F)F. The summed E-state index contributed by atoms with van der Waals surface area (Å²) in [6.45, 7) is -0.00239. The minimum absolute atomic E-state index is 0.00239. The Kier molecular flexibility index (Phi) is 4.02. The molecule has 4 rings (SSSR count). The van der Waals surface area contributed by atoms with Gasteiger partial charge in [-0.25, -0.2) is 4.52 Å². The van der Waals surface area contributed by atoms with Gasteiger partial charge >= 0.3 is 6.18 Å².